The van der Waals surface area contributed by atoms with Gasteiger partial charge in [0.2, 0.25) is 11.8 Å². The van der Waals surface area contributed by atoms with Crippen LogP contribution < -0.4 is 21.7 Å². The van der Waals surface area contributed by atoms with Gasteiger partial charge in [0.1, 0.15) is 5.54 Å². The van der Waals surface area contributed by atoms with E-state index in [0.29, 0.717) is 38.9 Å². The Labute approximate surface area is 285 Å². The minimum atomic E-state index is -4.79. The average molecular weight is 704 g/mol. The number of hydrogen-bond acceptors (Lipinski definition) is 6. The van der Waals surface area contributed by atoms with Crippen LogP contribution in [-0.2, 0) is 33.4 Å². The molecular formula is C33H37ClF3N7O5. The number of anilines is 2. The Balaban J connectivity index is 1.15. The number of fused-ring (bicyclic) bond motifs is 1. The summed E-state index contributed by atoms with van der Waals surface area (Å²) in [6, 6.07) is 8.86. The molecule has 1 spiro atoms. The second kappa shape index (κ2) is 13.4. The maximum absolute atomic E-state index is 14.0. The summed E-state index contributed by atoms with van der Waals surface area (Å²) in [5.41, 5.74) is 4.67. The molecule has 0 radical (unpaired) electrons. The van der Waals surface area contributed by atoms with E-state index in [2.05, 4.69) is 16.0 Å². The highest BCUT2D eigenvalue weighted by molar-refractivity contribution is 6.33. The molecule has 0 aromatic heterocycles. The van der Waals surface area contributed by atoms with E-state index in [-0.39, 0.29) is 67.3 Å². The number of carbonyl (C=O) groups excluding carboxylic acids is 5. The summed E-state index contributed by atoms with van der Waals surface area (Å²) >= 11 is 6.08. The van der Waals surface area contributed by atoms with Gasteiger partial charge in [0.05, 0.1) is 22.2 Å². The standard InChI is InChI=1S/C33H37ClF3N7O5/c34-24-17-19(16-23(27(24)38)33(35,36)37)15-21(28(46)43-13-8-32(9-14-43)29(47)40-30(48)41-32)18-26(45)42-10-6-22(7-11-42)44-12-5-20-3-1-2-4-25(20)39-31(44)49/h1-4,16-17,21-22H,5-15,18,38H2,(H,39,49)(H2,40,41,47,48)/t21-/m0/s1. The molecular weight excluding hydrogens is 667 g/mol. The summed E-state index contributed by atoms with van der Waals surface area (Å²) in [7, 11) is 0. The smallest absolute Gasteiger partial charge is 0.397 e. The Morgan fingerprint density at radius 3 is 2.33 bits per heavy atom. The monoisotopic (exact) mass is 703 g/mol. The fourth-order valence-corrected chi connectivity index (χ4v) is 7.55. The highest BCUT2D eigenvalue weighted by Crippen LogP contribution is 2.39. The summed E-state index contributed by atoms with van der Waals surface area (Å²) in [5, 5.41) is 7.51. The molecule has 3 fully saturated rings. The zero-order valence-corrected chi connectivity index (χ0v) is 27.3. The summed E-state index contributed by atoms with van der Waals surface area (Å²) in [6.45, 7) is 1.41. The molecule has 4 aliphatic heterocycles. The zero-order chi connectivity index (χ0) is 35.1. The van der Waals surface area contributed by atoms with Crippen LogP contribution >= 0.6 is 11.6 Å². The number of carbonyl (C=O) groups is 5. The Morgan fingerprint density at radius 2 is 1.67 bits per heavy atom. The third-order valence-electron chi connectivity index (χ3n) is 10.1. The summed E-state index contributed by atoms with van der Waals surface area (Å²) in [4.78, 5) is 69.8. The van der Waals surface area contributed by atoms with E-state index < -0.39 is 46.7 Å². The highest BCUT2D eigenvalue weighted by Gasteiger charge is 2.49. The van der Waals surface area contributed by atoms with Crippen molar-refractivity contribution in [2.24, 2.45) is 5.92 Å². The first-order valence-electron chi connectivity index (χ1n) is 16.2. The third-order valence-corrected chi connectivity index (χ3v) is 10.4. The molecule has 16 heteroatoms. The molecule has 0 saturated carbocycles. The maximum atomic E-state index is 14.0. The molecule has 49 heavy (non-hydrogen) atoms. The van der Waals surface area contributed by atoms with Crippen LogP contribution in [-0.4, -0.2) is 88.8 Å². The molecule has 6 rings (SSSR count). The lowest BCUT2D eigenvalue weighted by Gasteiger charge is -2.39. The molecule has 0 aliphatic carbocycles. The number of urea groups is 2. The van der Waals surface area contributed by atoms with E-state index >= 15 is 0 Å². The third kappa shape index (κ3) is 7.12. The Morgan fingerprint density at radius 1 is 0.980 bits per heavy atom. The molecule has 0 bridgehead atoms. The van der Waals surface area contributed by atoms with Crippen molar-refractivity contribution < 1.29 is 37.1 Å². The van der Waals surface area contributed by atoms with Gasteiger partial charge in [-0.25, -0.2) is 9.59 Å². The van der Waals surface area contributed by atoms with Crippen LogP contribution in [0.1, 0.15) is 48.8 Å². The predicted octanol–water partition coefficient (Wildman–Crippen LogP) is 3.77. The fraction of sp³-hybridized carbons (Fsp3) is 0.485. The highest BCUT2D eigenvalue weighted by atomic mass is 35.5. The number of nitrogens with one attached hydrogen (secondary N) is 3. The number of piperidine rings is 2. The molecule has 5 N–H and O–H groups in total. The van der Waals surface area contributed by atoms with Crippen molar-refractivity contribution in [3.05, 3.63) is 58.1 Å². The second-order valence-corrected chi connectivity index (χ2v) is 13.5. The van der Waals surface area contributed by atoms with Crippen LogP contribution in [0.25, 0.3) is 0 Å². The number of para-hydroxylation sites is 1. The van der Waals surface area contributed by atoms with Crippen molar-refractivity contribution in [2.75, 3.05) is 43.8 Å². The number of rotatable bonds is 6. The van der Waals surface area contributed by atoms with Gasteiger partial charge in [-0.1, -0.05) is 29.8 Å². The first-order chi connectivity index (χ1) is 23.2. The SMILES string of the molecule is Nc1c(Cl)cc(C[C@@H](CC(=O)N2CCC(N3CCc4ccccc4NC3=O)CC2)C(=O)N2CCC3(CC2)NC(=O)NC3=O)cc1C(F)(F)F. The van der Waals surface area contributed by atoms with Crippen molar-refractivity contribution >= 4 is 52.8 Å². The number of halogens is 4. The van der Waals surface area contributed by atoms with Gasteiger partial charge in [0, 0.05) is 50.9 Å². The van der Waals surface area contributed by atoms with Crippen LogP contribution in [0.4, 0.5) is 34.1 Å². The molecule has 3 saturated heterocycles. The number of hydrogen-bond donors (Lipinski definition) is 4. The van der Waals surface area contributed by atoms with Gasteiger partial charge in [-0.3, -0.25) is 19.7 Å². The maximum Gasteiger partial charge on any atom is 0.418 e. The molecule has 12 nitrogen and oxygen atoms in total. The lowest BCUT2D eigenvalue weighted by Crippen LogP contribution is -2.56. The largest absolute Gasteiger partial charge is 0.418 e. The minimum absolute atomic E-state index is 0.0950. The Kier molecular flexibility index (Phi) is 9.40. The number of alkyl halides is 3. The van der Waals surface area contributed by atoms with Crippen LogP contribution in [0.5, 0.6) is 0 Å². The van der Waals surface area contributed by atoms with Crippen molar-refractivity contribution in [1.82, 2.24) is 25.3 Å². The summed E-state index contributed by atoms with van der Waals surface area (Å²) in [5.74, 6) is -2.30. The molecule has 1 atom stereocenters. The molecule has 0 unspecified atom stereocenters. The van der Waals surface area contributed by atoms with Gasteiger partial charge in [-0.15, -0.1) is 0 Å². The van der Waals surface area contributed by atoms with Crippen molar-refractivity contribution in [1.29, 1.82) is 0 Å². The number of nitrogens with two attached hydrogens (primary N) is 1. The second-order valence-electron chi connectivity index (χ2n) is 13.1. The first kappa shape index (κ1) is 34.3. The first-order valence-corrected chi connectivity index (χ1v) is 16.6. The van der Waals surface area contributed by atoms with Crippen LogP contribution in [0, 0.1) is 5.92 Å². The lowest BCUT2D eigenvalue weighted by molar-refractivity contribution is -0.143. The zero-order valence-electron chi connectivity index (χ0n) is 26.6. The quantitative estimate of drug-likeness (QED) is 0.265. The van der Waals surface area contributed by atoms with E-state index in [1.165, 1.54) is 11.0 Å². The van der Waals surface area contributed by atoms with Crippen LogP contribution in [0.3, 0.4) is 0 Å². The molecule has 2 aromatic rings. The number of benzene rings is 2. The van der Waals surface area contributed by atoms with Gasteiger partial charge in [-0.05, 0) is 67.9 Å². The minimum Gasteiger partial charge on any atom is -0.397 e. The van der Waals surface area contributed by atoms with Crippen molar-refractivity contribution in [2.45, 2.75) is 62.7 Å². The van der Waals surface area contributed by atoms with E-state index in [0.717, 1.165) is 17.3 Å². The number of nitrogen functional groups attached to an aromatic ring is 1. The van der Waals surface area contributed by atoms with Gasteiger partial charge >= 0.3 is 18.2 Å². The topological polar surface area (TPSA) is 157 Å². The predicted molar refractivity (Wildman–Crippen MR) is 173 cm³/mol. The number of likely N-dealkylation sites (tertiary alicyclic amines) is 2. The number of nitrogens with zero attached hydrogens (tertiary/aromatic N) is 3. The van der Waals surface area contributed by atoms with E-state index in [4.69, 9.17) is 17.3 Å². The van der Waals surface area contributed by atoms with Crippen molar-refractivity contribution in [3.8, 4) is 0 Å². The Hall–Kier alpha value is -4.53. The summed E-state index contributed by atoms with van der Waals surface area (Å²) < 4.78 is 41.3. The number of imide groups is 1. The summed E-state index contributed by atoms with van der Waals surface area (Å²) in [6.07, 6.45) is -3.24. The number of amides is 7. The van der Waals surface area contributed by atoms with Gasteiger partial charge in [-0.2, -0.15) is 13.2 Å². The normalized spacial score (nSPS) is 20.3. The molecule has 2 aromatic carbocycles. The van der Waals surface area contributed by atoms with Gasteiger partial charge < -0.3 is 31.1 Å². The van der Waals surface area contributed by atoms with E-state index in [9.17, 15) is 37.1 Å². The van der Waals surface area contributed by atoms with Crippen molar-refractivity contribution in [3.63, 3.8) is 0 Å². The van der Waals surface area contributed by atoms with Crippen LogP contribution in [0.2, 0.25) is 5.02 Å². The molecule has 262 valence electrons. The lowest BCUT2D eigenvalue weighted by atomic mass is 9.86. The molecule has 7 amide bonds. The van der Waals surface area contributed by atoms with E-state index in [1.807, 2.05) is 24.3 Å². The van der Waals surface area contributed by atoms with Gasteiger partial charge in [0.15, 0.2) is 0 Å². The molecule has 4 heterocycles. The average Bonchev–Trinajstić information content (AvgIpc) is 3.22. The van der Waals surface area contributed by atoms with Crippen LogP contribution in [0.15, 0.2) is 36.4 Å². The van der Waals surface area contributed by atoms with E-state index in [1.54, 1.807) is 9.80 Å². The van der Waals surface area contributed by atoms with Gasteiger partial charge in [0.25, 0.3) is 5.91 Å². The fourth-order valence-electron chi connectivity index (χ4n) is 7.31. The molecule has 4 aliphatic rings. The Bertz CT molecular complexity index is 1670.